The second-order valence-electron chi connectivity index (χ2n) is 6.17. The van der Waals surface area contributed by atoms with E-state index in [1.54, 1.807) is 6.07 Å². The molecule has 2 fully saturated rings. The number of likely N-dealkylation sites (tertiary alicyclic amines) is 1. The molecule has 2 aliphatic rings. The van der Waals surface area contributed by atoms with Crippen molar-refractivity contribution < 1.29 is 9.18 Å². The maximum absolute atomic E-state index is 13.2. The Bertz CT molecular complexity index is 515. The van der Waals surface area contributed by atoms with Gasteiger partial charge in [0.2, 0.25) is 0 Å². The Morgan fingerprint density at radius 1 is 1.15 bits per heavy atom. The van der Waals surface area contributed by atoms with Crippen molar-refractivity contribution in [3.8, 4) is 0 Å². The van der Waals surface area contributed by atoms with E-state index in [-0.39, 0.29) is 16.6 Å². The molecule has 1 aromatic carbocycles. The minimum absolute atomic E-state index is 0.00754. The second kappa shape index (κ2) is 5.40. The van der Waals surface area contributed by atoms with Gasteiger partial charge in [0, 0.05) is 23.5 Å². The summed E-state index contributed by atoms with van der Waals surface area (Å²) < 4.78 is 13.2. The molecule has 1 heterocycles. The van der Waals surface area contributed by atoms with Gasteiger partial charge in [0.25, 0.3) is 5.91 Å². The third kappa shape index (κ3) is 2.58. The Morgan fingerprint density at radius 3 is 2.40 bits per heavy atom. The molecule has 0 aromatic heterocycles. The van der Waals surface area contributed by atoms with Gasteiger partial charge in [0.05, 0.1) is 0 Å². The summed E-state index contributed by atoms with van der Waals surface area (Å²) in [4.78, 5) is 14.6. The van der Waals surface area contributed by atoms with Crippen LogP contribution in [0.4, 0.5) is 4.39 Å². The Labute approximate surface area is 124 Å². The number of benzene rings is 1. The van der Waals surface area contributed by atoms with Crippen LogP contribution in [0.15, 0.2) is 23.1 Å². The van der Waals surface area contributed by atoms with Crippen molar-refractivity contribution in [1.82, 2.24) is 4.90 Å². The molecule has 1 saturated heterocycles. The first-order chi connectivity index (χ1) is 9.60. The van der Waals surface area contributed by atoms with E-state index in [1.807, 2.05) is 4.90 Å². The zero-order valence-corrected chi connectivity index (χ0v) is 12.5. The number of hydrogen-bond donors (Lipinski definition) is 1. The molecule has 0 bridgehead atoms. The number of hydrogen-bond acceptors (Lipinski definition) is 2. The van der Waals surface area contributed by atoms with E-state index in [4.69, 9.17) is 0 Å². The van der Waals surface area contributed by atoms with E-state index >= 15 is 0 Å². The van der Waals surface area contributed by atoms with Crippen molar-refractivity contribution in [3.05, 3.63) is 29.6 Å². The molecule has 3 rings (SSSR count). The molecule has 1 amide bonds. The fourth-order valence-electron chi connectivity index (χ4n) is 3.64. The number of halogens is 1. The number of nitrogens with zero attached hydrogens (tertiary/aromatic N) is 1. The molecule has 0 radical (unpaired) electrons. The number of carbonyl (C=O) groups is 1. The average molecular weight is 293 g/mol. The van der Waals surface area contributed by atoms with Crippen LogP contribution in [0.25, 0.3) is 0 Å². The lowest BCUT2D eigenvalue weighted by molar-refractivity contribution is 0.0587. The molecule has 0 N–H and O–H groups in total. The van der Waals surface area contributed by atoms with Crippen LogP contribution < -0.4 is 0 Å². The van der Waals surface area contributed by atoms with Crippen molar-refractivity contribution in [3.63, 3.8) is 0 Å². The van der Waals surface area contributed by atoms with Crippen molar-refractivity contribution in [2.24, 2.45) is 5.41 Å². The van der Waals surface area contributed by atoms with E-state index < -0.39 is 0 Å². The summed E-state index contributed by atoms with van der Waals surface area (Å²) in [6.45, 7) is 1.66. The fraction of sp³-hybridized carbons (Fsp3) is 0.562. The van der Waals surface area contributed by atoms with Crippen LogP contribution >= 0.6 is 12.6 Å². The lowest BCUT2D eigenvalue weighted by atomic mass is 9.77. The normalized spacial score (nSPS) is 21.4. The third-order valence-corrected chi connectivity index (χ3v) is 5.31. The minimum atomic E-state index is -0.381. The first-order valence-electron chi connectivity index (χ1n) is 7.38. The van der Waals surface area contributed by atoms with Gasteiger partial charge in [-0.15, -0.1) is 12.6 Å². The Kier molecular flexibility index (Phi) is 3.76. The molecule has 20 heavy (non-hydrogen) atoms. The lowest BCUT2D eigenvalue weighted by Gasteiger charge is -2.39. The summed E-state index contributed by atoms with van der Waals surface area (Å²) in [5, 5.41) is 0. The van der Waals surface area contributed by atoms with Crippen LogP contribution in [-0.2, 0) is 0 Å². The second-order valence-corrected chi connectivity index (χ2v) is 6.65. The van der Waals surface area contributed by atoms with E-state index in [0.29, 0.717) is 11.0 Å². The summed E-state index contributed by atoms with van der Waals surface area (Å²) >= 11 is 4.05. The van der Waals surface area contributed by atoms with Crippen molar-refractivity contribution >= 4 is 18.5 Å². The van der Waals surface area contributed by atoms with Gasteiger partial charge in [-0.05, 0) is 49.3 Å². The predicted molar refractivity (Wildman–Crippen MR) is 79.7 cm³/mol. The molecule has 0 unspecified atom stereocenters. The molecule has 1 spiro atoms. The first-order valence-corrected chi connectivity index (χ1v) is 7.82. The van der Waals surface area contributed by atoms with Crippen molar-refractivity contribution in [1.29, 1.82) is 0 Å². The molecule has 2 nitrogen and oxygen atoms in total. The summed E-state index contributed by atoms with van der Waals surface area (Å²) in [5.41, 5.74) is 1.05. The van der Waals surface area contributed by atoms with Crippen LogP contribution in [0.2, 0.25) is 0 Å². The monoisotopic (exact) mass is 293 g/mol. The minimum Gasteiger partial charge on any atom is -0.339 e. The molecular formula is C16H20FNOS. The highest BCUT2D eigenvalue weighted by atomic mass is 32.1. The third-order valence-electron chi connectivity index (χ3n) is 4.97. The standard InChI is InChI=1S/C16H20FNOS/c17-13-4-3-12(11-14(13)20)15(19)18-9-7-16(8-10-18)5-1-2-6-16/h3-4,11,20H,1-2,5-10H2. The van der Waals surface area contributed by atoms with Gasteiger partial charge in [-0.2, -0.15) is 0 Å². The van der Waals surface area contributed by atoms with Gasteiger partial charge in [0.15, 0.2) is 0 Å². The molecule has 1 aliphatic heterocycles. The van der Waals surface area contributed by atoms with Crippen molar-refractivity contribution in [2.45, 2.75) is 43.4 Å². The molecule has 0 atom stereocenters. The molecule has 4 heteroatoms. The summed E-state index contributed by atoms with van der Waals surface area (Å²) in [6, 6.07) is 4.40. The van der Waals surface area contributed by atoms with E-state index in [0.717, 1.165) is 25.9 Å². The molecule has 108 valence electrons. The Morgan fingerprint density at radius 2 is 1.80 bits per heavy atom. The van der Waals surface area contributed by atoms with Crippen LogP contribution in [0, 0.1) is 11.2 Å². The van der Waals surface area contributed by atoms with Gasteiger partial charge < -0.3 is 4.90 Å². The van der Waals surface area contributed by atoms with Crippen molar-refractivity contribution in [2.75, 3.05) is 13.1 Å². The van der Waals surface area contributed by atoms with E-state index in [9.17, 15) is 9.18 Å². The van der Waals surface area contributed by atoms with Gasteiger partial charge in [-0.1, -0.05) is 12.8 Å². The number of amides is 1. The molecule has 1 aliphatic carbocycles. The average Bonchev–Trinajstić information content (AvgIpc) is 2.90. The van der Waals surface area contributed by atoms with Gasteiger partial charge in [0.1, 0.15) is 5.82 Å². The van der Waals surface area contributed by atoms with E-state index in [1.165, 1.54) is 37.8 Å². The maximum atomic E-state index is 13.2. The number of carbonyl (C=O) groups excluding carboxylic acids is 1. The zero-order valence-electron chi connectivity index (χ0n) is 11.6. The smallest absolute Gasteiger partial charge is 0.253 e. The van der Waals surface area contributed by atoms with E-state index in [2.05, 4.69) is 12.6 Å². The highest BCUT2D eigenvalue weighted by Gasteiger charge is 2.38. The highest BCUT2D eigenvalue weighted by Crippen LogP contribution is 2.46. The van der Waals surface area contributed by atoms with Crippen LogP contribution in [0.1, 0.15) is 48.9 Å². The first kappa shape index (κ1) is 13.9. The Hall–Kier alpha value is -1.03. The lowest BCUT2D eigenvalue weighted by Crippen LogP contribution is -2.42. The summed E-state index contributed by atoms with van der Waals surface area (Å²) in [5.74, 6) is -0.374. The van der Waals surface area contributed by atoms with Crippen LogP contribution in [0.5, 0.6) is 0 Å². The number of thiol groups is 1. The molecule has 1 aromatic rings. The van der Waals surface area contributed by atoms with Crippen LogP contribution in [-0.4, -0.2) is 23.9 Å². The SMILES string of the molecule is O=C(c1ccc(F)c(S)c1)N1CCC2(CCCC2)CC1. The molecular weight excluding hydrogens is 273 g/mol. The number of rotatable bonds is 1. The zero-order chi connectivity index (χ0) is 14.2. The van der Waals surface area contributed by atoms with Crippen LogP contribution in [0.3, 0.4) is 0 Å². The predicted octanol–water partition coefficient (Wildman–Crippen LogP) is 3.91. The quantitative estimate of drug-likeness (QED) is 0.778. The number of piperidine rings is 1. The van der Waals surface area contributed by atoms with Gasteiger partial charge in [-0.3, -0.25) is 4.79 Å². The Balaban J connectivity index is 1.68. The topological polar surface area (TPSA) is 20.3 Å². The maximum Gasteiger partial charge on any atom is 0.253 e. The highest BCUT2D eigenvalue weighted by molar-refractivity contribution is 7.80. The molecule has 1 saturated carbocycles. The van der Waals surface area contributed by atoms with Gasteiger partial charge >= 0.3 is 0 Å². The fourth-order valence-corrected chi connectivity index (χ4v) is 3.85. The largest absolute Gasteiger partial charge is 0.339 e. The summed E-state index contributed by atoms with van der Waals surface area (Å²) in [7, 11) is 0. The summed E-state index contributed by atoms with van der Waals surface area (Å²) in [6.07, 6.45) is 7.57. The van der Waals surface area contributed by atoms with Gasteiger partial charge in [-0.25, -0.2) is 4.39 Å².